The van der Waals surface area contributed by atoms with E-state index in [2.05, 4.69) is 0 Å². The van der Waals surface area contributed by atoms with Crippen LogP contribution < -0.4 is 4.74 Å². The second-order valence-corrected chi connectivity index (χ2v) is 8.28. The molecule has 5 heteroatoms. The number of rotatable bonds is 3. The van der Waals surface area contributed by atoms with Gasteiger partial charge in [-0.2, -0.15) is 0 Å². The maximum absolute atomic E-state index is 12.3. The van der Waals surface area contributed by atoms with Crippen molar-refractivity contribution in [1.29, 1.82) is 0 Å². The highest BCUT2D eigenvalue weighted by molar-refractivity contribution is 5.71. The van der Waals surface area contributed by atoms with E-state index >= 15 is 0 Å². The molecule has 1 fully saturated rings. The third kappa shape index (κ3) is 4.47. The van der Waals surface area contributed by atoms with Gasteiger partial charge in [-0.3, -0.25) is 0 Å². The van der Waals surface area contributed by atoms with Gasteiger partial charge in [0.1, 0.15) is 11.4 Å². The van der Waals surface area contributed by atoms with E-state index in [9.17, 15) is 9.90 Å². The van der Waals surface area contributed by atoms with Crippen LogP contribution in [0.4, 0.5) is 4.79 Å². The molecule has 3 rings (SSSR count). The number of aliphatic hydroxyl groups is 1. The molecule has 0 spiro atoms. The van der Waals surface area contributed by atoms with Crippen LogP contribution in [0.15, 0.2) is 48.5 Å². The SMILES string of the molecule is COc1cc(C2(O)CCN(C(=O)OC(C)(C)C)CC2)ccc1-c1ccccc1. The second kappa shape index (κ2) is 7.84. The van der Waals surface area contributed by atoms with Crippen molar-refractivity contribution in [2.24, 2.45) is 0 Å². The number of nitrogens with zero attached hydrogens (tertiary/aromatic N) is 1. The van der Waals surface area contributed by atoms with Crippen LogP contribution in [0, 0.1) is 0 Å². The smallest absolute Gasteiger partial charge is 0.410 e. The minimum absolute atomic E-state index is 0.327. The highest BCUT2D eigenvalue weighted by atomic mass is 16.6. The first-order chi connectivity index (χ1) is 13.2. The molecule has 1 N–H and O–H groups in total. The zero-order chi connectivity index (χ0) is 20.4. The Labute approximate surface area is 166 Å². The molecular weight excluding hydrogens is 354 g/mol. The van der Waals surface area contributed by atoms with E-state index in [1.807, 2.05) is 69.3 Å². The van der Waals surface area contributed by atoms with Gasteiger partial charge < -0.3 is 19.5 Å². The molecule has 1 heterocycles. The quantitative estimate of drug-likeness (QED) is 0.843. The highest BCUT2D eigenvalue weighted by Crippen LogP contribution is 2.38. The number of benzene rings is 2. The molecule has 0 aliphatic carbocycles. The largest absolute Gasteiger partial charge is 0.496 e. The summed E-state index contributed by atoms with van der Waals surface area (Å²) in [5, 5.41) is 11.2. The number of methoxy groups -OCH3 is 1. The van der Waals surface area contributed by atoms with Gasteiger partial charge in [-0.05, 0) is 50.8 Å². The zero-order valence-electron chi connectivity index (χ0n) is 17.1. The van der Waals surface area contributed by atoms with Crippen molar-refractivity contribution in [3.8, 4) is 16.9 Å². The normalized spacial score (nSPS) is 16.5. The van der Waals surface area contributed by atoms with Crippen molar-refractivity contribution in [3.63, 3.8) is 0 Å². The molecule has 0 saturated carbocycles. The number of hydrogen-bond acceptors (Lipinski definition) is 4. The van der Waals surface area contributed by atoms with Crippen LogP contribution in [-0.4, -0.2) is 41.9 Å². The van der Waals surface area contributed by atoms with Crippen LogP contribution in [0.3, 0.4) is 0 Å². The summed E-state index contributed by atoms with van der Waals surface area (Å²) in [4.78, 5) is 13.9. The number of amides is 1. The topological polar surface area (TPSA) is 59.0 Å². The molecule has 150 valence electrons. The van der Waals surface area contributed by atoms with Crippen LogP contribution in [0.25, 0.3) is 11.1 Å². The van der Waals surface area contributed by atoms with Gasteiger partial charge in [0.25, 0.3) is 0 Å². The van der Waals surface area contributed by atoms with Crippen LogP contribution in [0.5, 0.6) is 5.75 Å². The Balaban J connectivity index is 1.76. The van der Waals surface area contributed by atoms with Crippen molar-refractivity contribution in [3.05, 3.63) is 54.1 Å². The highest BCUT2D eigenvalue weighted by Gasteiger charge is 2.37. The molecule has 0 radical (unpaired) electrons. The maximum Gasteiger partial charge on any atom is 0.410 e. The minimum atomic E-state index is -0.985. The van der Waals surface area contributed by atoms with E-state index in [0.717, 1.165) is 22.4 Å². The molecule has 0 unspecified atom stereocenters. The summed E-state index contributed by atoms with van der Waals surface area (Å²) in [6, 6.07) is 15.9. The number of ether oxygens (including phenoxy) is 2. The summed E-state index contributed by atoms with van der Waals surface area (Å²) in [5.74, 6) is 0.728. The number of carbonyl (C=O) groups excluding carboxylic acids is 1. The third-order valence-corrected chi connectivity index (χ3v) is 5.07. The fraction of sp³-hybridized carbons (Fsp3) is 0.435. The van der Waals surface area contributed by atoms with Crippen molar-refractivity contribution < 1.29 is 19.4 Å². The summed E-state index contributed by atoms with van der Waals surface area (Å²) < 4.78 is 11.0. The molecule has 1 aliphatic heterocycles. The van der Waals surface area contributed by atoms with Gasteiger partial charge in [0.05, 0.1) is 12.7 Å². The second-order valence-electron chi connectivity index (χ2n) is 8.28. The summed E-state index contributed by atoms with van der Waals surface area (Å²) in [6.07, 6.45) is 0.590. The Morgan fingerprint density at radius 1 is 1.07 bits per heavy atom. The van der Waals surface area contributed by atoms with Gasteiger partial charge in [-0.1, -0.05) is 42.5 Å². The Kier molecular flexibility index (Phi) is 5.66. The van der Waals surface area contributed by atoms with Crippen LogP contribution in [-0.2, 0) is 10.3 Å². The molecule has 28 heavy (non-hydrogen) atoms. The summed E-state index contributed by atoms with van der Waals surface area (Å²) in [5.41, 5.74) is 1.36. The van der Waals surface area contributed by atoms with E-state index in [1.54, 1.807) is 12.0 Å². The molecular formula is C23H29NO4. The Hall–Kier alpha value is -2.53. The first-order valence-electron chi connectivity index (χ1n) is 9.66. The fourth-order valence-electron chi connectivity index (χ4n) is 3.51. The van der Waals surface area contributed by atoms with Gasteiger partial charge in [0, 0.05) is 18.7 Å². The average Bonchev–Trinajstić information content (AvgIpc) is 2.67. The number of piperidine rings is 1. The lowest BCUT2D eigenvalue weighted by atomic mass is 9.83. The molecule has 1 aliphatic rings. The summed E-state index contributed by atoms with van der Waals surface area (Å²) in [7, 11) is 1.64. The molecule has 1 saturated heterocycles. The van der Waals surface area contributed by atoms with E-state index in [4.69, 9.17) is 9.47 Å². The molecule has 1 amide bonds. The standard InChI is InChI=1S/C23H29NO4/c1-22(2,3)28-21(25)24-14-12-23(26,13-15-24)18-10-11-19(20(16-18)27-4)17-8-6-5-7-9-17/h5-11,16,26H,12-15H2,1-4H3. The van der Waals surface area contributed by atoms with Crippen LogP contribution in [0.2, 0.25) is 0 Å². The third-order valence-electron chi connectivity index (χ3n) is 5.07. The molecule has 0 aromatic heterocycles. The van der Waals surface area contributed by atoms with E-state index in [0.29, 0.717) is 25.9 Å². The molecule has 0 atom stereocenters. The van der Waals surface area contributed by atoms with Crippen molar-refractivity contribution in [1.82, 2.24) is 4.90 Å². The minimum Gasteiger partial charge on any atom is -0.496 e. The summed E-state index contributed by atoms with van der Waals surface area (Å²) in [6.45, 7) is 6.46. The average molecular weight is 383 g/mol. The monoisotopic (exact) mass is 383 g/mol. The Morgan fingerprint density at radius 3 is 2.29 bits per heavy atom. The van der Waals surface area contributed by atoms with Crippen LogP contribution >= 0.6 is 0 Å². The van der Waals surface area contributed by atoms with Crippen LogP contribution in [0.1, 0.15) is 39.2 Å². The predicted octanol–water partition coefficient (Wildman–Crippen LogP) is 4.58. The molecule has 5 nitrogen and oxygen atoms in total. The first kappa shape index (κ1) is 20.2. The van der Waals surface area contributed by atoms with E-state index in [1.165, 1.54) is 0 Å². The lowest BCUT2D eigenvalue weighted by molar-refractivity contribution is -0.0357. The van der Waals surface area contributed by atoms with Gasteiger partial charge in [0.15, 0.2) is 0 Å². The first-order valence-corrected chi connectivity index (χ1v) is 9.66. The van der Waals surface area contributed by atoms with Gasteiger partial charge in [-0.25, -0.2) is 4.79 Å². The molecule has 2 aromatic rings. The Morgan fingerprint density at radius 2 is 1.71 bits per heavy atom. The van der Waals surface area contributed by atoms with Gasteiger partial charge in [0.2, 0.25) is 0 Å². The lowest BCUT2D eigenvalue weighted by Crippen LogP contribution is -2.46. The van der Waals surface area contributed by atoms with E-state index in [-0.39, 0.29) is 6.09 Å². The number of hydrogen-bond donors (Lipinski definition) is 1. The fourth-order valence-corrected chi connectivity index (χ4v) is 3.51. The maximum atomic E-state index is 12.3. The lowest BCUT2D eigenvalue weighted by Gasteiger charge is -2.39. The van der Waals surface area contributed by atoms with E-state index < -0.39 is 11.2 Å². The Bertz CT molecular complexity index is 818. The van der Waals surface area contributed by atoms with Crippen molar-refractivity contribution in [2.75, 3.05) is 20.2 Å². The van der Waals surface area contributed by atoms with Crippen molar-refractivity contribution >= 4 is 6.09 Å². The zero-order valence-corrected chi connectivity index (χ0v) is 17.1. The van der Waals surface area contributed by atoms with Gasteiger partial charge >= 0.3 is 6.09 Å². The predicted molar refractivity (Wildman–Crippen MR) is 109 cm³/mol. The number of carbonyl (C=O) groups is 1. The molecule has 0 bridgehead atoms. The molecule has 2 aromatic carbocycles. The summed E-state index contributed by atoms with van der Waals surface area (Å²) >= 11 is 0. The van der Waals surface area contributed by atoms with Gasteiger partial charge in [-0.15, -0.1) is 0 Å². The number of likely N-dealkylation sites (tertiary alicyclic amines) is 1. The van der Waals surface area contributed by atoms with Crippen molar-refractivity contribution in [2.45, 2.75) is 44.8 Å².